The van der Waals surface area contributed by atoms with Crippen molar-refractivity contribution in [3.63, 3.8) is 0 Å². The Bertz CT molecular complexity index is 665. The molecule has 1 aromatic carbocycles. The van der Waals surface area contributed by atoms with Crippen LogP contribution in [-0.4, -0.2) is 39.3 Å². The number of amides is 1. The molecule has 0 fully saturated rings. The fourth-order valence-corrected chi connectivity index (χ4v) is 2.96. The molecule has 1 aromatic rings. The number of carboxylic acid groups (broad SMARTS) is 1. The average Bonchev–Trinajstić information content (AvgIpc) is 2.80. The monoisotopic (exact) mass is 331 g/mol. The fourth-order valence-electron chi connectivity index (χ4n) is 2.96. The summed E-state index contributed by atoms with van der Waals surface area (Å²) in [6.07, 6.45) is 1.90. The van der Waals surface area contributed by atoms with Gasteiger partial charge in [0.1, 0.15) is 0 Å². The van der Waals surface area contributed by atoms with Crippen molar-refractivity contribution in [1.29, 1.82) is 0 Å². The van der Waals surface area contributed by atoms with Crippen LogP contribution >= 0.6 is 0 Å². The van der Waals surface area contributed by atoms with Gasteiger partial charge in [0.2, 0.25) is 0 Å². The topological polar surface area (TPSA) is 94.9 Å². The van der Waals surface area contributed by atoms with Crippen LogP contribution in [0.2, 0.25) is 0 Å². The minimum absolute atomic E-state index is 0.0955. The number of aliphatic carboxylic acids is 1. The third-order valence-electron chi connectivity index (χ3n) is 4.09. The smallest absolute Gasteiger partial charge is 0.303 e. The van der Waals surface area contributed by atoms with Gasteiger partial charge < -0.3 is 15.1 Å². The highest BCUT2D eigenvalue weighted by Crippen LogP contribution is 2.37. The van der Waals surface area contributed by atoms with Gasteiger partial charge >= 0.3 is 5.97 Å². The molecule has 0 radical (unpaired) electrons. The first kappa shape index (κ1) is 17.7. The molecule has 1 amide bonds. The summed E-state index contributed by atoms with van der Waals surface area (Å²) in [5.41, 5.74) is 0.891. The van der Waals surface area contributed by atoms with Gasteiger partial charge in [0, 0.05) is 13.0 Å². The lowest BCUT2D eigenvalue weighted by atomic mass is 9.96. The SMILES string of the molecule is CC(=O)C1=C(O)C(=O)N(CCCCCC(=O)O)[C@@H]1c1ccccc1. The molecule has 6 nitrogen and oxygen atoms in total. The number of hydrogen-bond acceptors (Lipinski definition) is 4. The van der Waals surface area contributed by atoms with E-state index in [4.69, 9.17) is 5.11 Å². The highest BCUT2D eigenvalue weighted by Gasteiger charge is 2.41. The van der Waals surface area contributed by atoms with Gasteiger partial charge in [-0.2, -0.15) is 0 Å². The molecule has 6 heteroatoms. The van der Waals surface area contributed by atoms with E-state index in [0.717, 1.165) is 5.56 Å². The van der Waals surface area contributed by atoms with Gasteiger partial charge in [-0.15, -0.1) is 0 Å². The Morgan fingerprint density at radius 1 is 1.12 bits per heavy atom. The molecule has 0 spiro atoms. The van der Waals surface area contributed by atoms with E-state index in [9.17, 15) is 19.5 Å². The van der Waals surface area contributed by atoms with Crippen LogP contribution in [0.4, 0.5) is 0 Å². The zero-order valence-electron chi connectivity index (χ0n) is 13.6. The molecule has 0 saturated carbocycles. The second-order valence-corrected chi connectivity index (χ2v) is 5.83. The number of aliphatic hydroxyl groups is 1. The lowest BCUT2D eigenvalue weighted by Crippen LogP contribution is -2.32. The second kappa shape index (κ2) is 7.77. The number of carbonyl (C=O) groups excluding carboxylic acids is 2. The van der Waals surface area contributed by atoms with E-state index >= 15 is 0 Å². The van der Waals surface area contributed by atoms with Gasteiger partial charge in [0.25, 0.3) is 5.91 Å². The van der Waals surface area contributed by atoms with Gasteiger partial charge in [-0.05, 0) is 25.3 Å². The number of Topliss-reactive ketones (excluding diaryl/α,β-unsaturated/α-hetero) is 1. The van der Waals surface area contributed by atoms with Crippen molar-refractivity contribution in [3.8, 4) is 0 Å². The van der Waals surface area contributed by atoms with E-state index in [1.807, 2.05) is 30.3 Å². The van der Waals surface area contributed by atoms with E-state index in [1.54, 1.807) is 0 Å². The molecular formula is C18H21NO5. The summed E-state index contributed by atoms with van der Waals surface area (Å²) in [6.45, 7) is 1.70. The van der Waals surface area contributed by atoms with Crippen LogP contribution in [0.25, 0.3) is 0 Å². The zero-order chi connectivity index (χ0) is 17.7. The number of unbranched alkanes of at least 4 members (excludes halogenated alkanes) is 2. The van der Waals surface area contributed by atoms with Crippen LogP contribution in [0.15, 0.2) is 41.7 Å². The molecule has 0 saturated heterocycles. The number of carboxylic acids is 1. The second-order valence-electron chi connectivity index (χ2n) is 5.83. The molecule has 1 aliphatic heterocycles. The van der Waals surface area contributed by atoms with Gasteiger partial charge in [-0.1, -0.05) is 36.8 Å². The normalized spacial score (nSPS) is 17.5. The van der Waals surface area contributed by atoms with Crippen molar-refractivity contribution < 1.29 is 24.6 Å². The number of hydrogen-bond donors (Lipinski definition) is 2. The van der Waals surface area contributed by atoms with Gasteiger partial charge in [0.05, 0.1) is 11.6 Å². The summed E-state index contributed by atoms with van der Waals surface area (Å²) in [7, 11) is 0. The quantitative estimate of drug-likeness (QED) is 0.714. The number of carbonyl (C=O) groups is 3. The first-order chi connectivity index (χ1) is 11.4. The van der Waals surface area contributed by atoms with Gasteiger partial charge in [0.15, 0.2) is 11.5 Å². The molecule has 2 rings (SSSR count). The summed E-state index contributed by atoms with van der Waals surface area (Å²) in [5, 5.41) is 18.7. The molecule has 24 heavy (non-hydrogen) atoms. The number of aliphatic hydroxyl groups excluding tert-OH is 1. The summed E-state index contributed by atoms with van der Waals surface area (Å²) in [6, 6.07) is 8.52. The third-order valence-corrected chi connectivity index (χ3v) is 4.09. The van der Waals surface area contributed by atoms with Crippen LogP contribution in [-0.2, 0) is 14.4 Å². The van der Waals surface area contributed by atoms with Crippen molar-refractivity contribution in [1.82, 2.24) is 4.90 Å². The Morgan fingerprint density at radius 2 is 1.79 bits per heavy atom. The summed E-state index contributed by atoms with van der Waals surface area (Å²) < 4.78 is 0. The van der Waals surface area contributed by atoms with Crippen molar-refractivity contribution >= 4 is 17.7 Å². The third kappa shape index (κ3) is 3.82. The summed E-state index contributed by atoms with van der Waals surface area (Å²) in [5.74, 6) is -2.20. The molecule has 128 valence electrons. The molecule has 1 aliphatic rings. The lowest BCUT2D eigenvalue weighted by Gasteiger charge is -2.26. The Hall–Kier alpha value is -2.63. The van der Waals surface area contributed by atoms with Crippen molar-refractivity contribution in [2.45, 2.75) is 38.6 Å². The number of rotatable bonds is 8. The minimum Gasteiger partial charge on any atom is -0.503 e. The molecule has 0 aromatic heterocycles. The standard InChI is InChI=1S/C18H21NO5/c1-12(20)15-16(13-8-4-2-5-9-13)19(18(24)17(15)23)11-7-3-6-10-14(21)22/h2,4-5,8-9,16,23H,3,6-7,10-11H2,1H3,(H,21,22)/t16-/m1/s1. The fraction of sp³-hybridized carbons (Fsp3) is 0.389. The lowest BCUT2D eigenvalue weighted by molar-refractivity contribution is -0.137. The maximum absolute atomic E-state index is 12.3. The molecule has 1 heterocycles. The number of ketones is 1. The predicted molar refractivity (Wildman–Crippen MR) is 87.3 cm³/mol. The molecular weight excluding hydrogens is 310 g/mol. The Morgan fingerprint density at radius 3 is 2.38 bits per heavy atom. The van der Waals surface area contributed by atoms with Gasteiger partial charge in [-0.25, -0.2) is 0 Å². The van der Waals surface area contributed by atoms with E-state index in [1.165, 1.54) is 11.8 Å². The molecule has 0 unspecified atom stereocenters. The first-order valence-electron chi connectivity index (χ1n) is 7.95. The molecule has 0 aliphatic carbocycles. The number of benzene rings is 1. The Labute approximate surface area is 140 Å². The summed E-state index contributed by atoms with van der Waals surface area (Å²) in [4.78, 5) is 36.3. The van der Waals surface area contributed by atoms with Crippen LogP contribution < -0.4 is 0 Å². The molecule has 2 N–H and O–H groups in total. The van der Waals surface area contributed by atoms with Crippen molar-refractivity contribution in [2.24, 2.45) is 0 Å². The zero-order valence-corrected chi connectivity index (χ0v) is 13.6. The Kier molecular flexibility index (Phi) is 5.73. The van der Waals surface area contributed by atoms with Crippen LogP contribution in [0.3, 0.4) is 0 Å². The minimum atomic E-state index is -0.840. The van der Waals surface area contributed by atoms with E-state index in [0.29, 0.717) is 25.8 Å². The molecule has 1 atom stereocenters. The van der Waals surface area contributed by atoms with Crippen LogP contribution in [0, 0.1) is 0 Å². The first-order valence-corrected chi connectivity index (χ1v) is 7.95. The predicted octanol–water partition coefficient (Wildman–Crippen LogP) is 2.62. The van der Waals surface area contributed by atoms with Crippen molar-refractivity contribution in [3.05, 3.63) is 47.2 Å². The highest BCUT2D eigenvalue weighted by atomic mass is 16.4. The van der Waals surface area contributed by atoms with Crippen LogP contribution in [0.1, 0.15) is 44.2 Å². The largest absolute Gasteiger partial charge is 0.503 e. The summed E-state index contributed by atoms with van der Waals surface area (Å²) >= 11 is 0. The van der Waals surface area contributed by atoms with E-state index in [2.05, 4.69) is 0 Å². The van der Waals surface area contributed by atoms with Crippen LogP contribution in [0.5, 0.6) is 0 Å². The molecule has 0 bridgehead atoms. The maximum atomic E-state index is 12.3. The van der Waals surface area contributed by atoms with E-state index < -0.39 is 23.7 Å². The van der Waals surface area contributed by atoms with E-state index in [-0.39, 0.29) is 17.8 Å². The maximum Gasteiger partial charge on any atom is 0.303 e. The highest BCUT2D eigenvalue weighted by molar-refractivity contribution is 6.08. The number of nitrogens with zero attached hydrogens (tertiary/aromatic N) is 1. The average molecular weight is 331 g/mol. The van der Waals surface area contributed by atoms with Gasteiger partial charge in [-0.3, -0.25) is 14.4 Å². The van der Waals surface area contributed by atoms with Crippen molar-refractivity contribution in [2.75, 3.05) is 6.54 Å². The Balaban J connectivity index is 2.15.